The standard InChI is InChI=1S/C20H16N2O4.C19H15N3O4/c1-12(20(25)26-3)10-13-4-7-15(8-5-13)22-18(23)16-9-6-14(21-2)11-17(16)19(22)24;1-21-12-5-8-14-15(10-12)18(24)22(17(14)23)13-6-3-11(4-7-13)9-16(20)19(25)26-2/h4-9,11-12H,10H2,1,3H3;3-8,10,16H,9,20H2,2H3. The molecule has 2 aliphatic heterocycles. The number of nitrogens with zero attached hydrogens (tertiary/aromatic N) is 4. The van der Waals surface area contributed by atoms with E-state index < -0.39 is 35.6 Å². The first kappa shape index (κ1) is 36.3. The van der Waals surface area contributed by atoms with E-state index in [1.165, 1.54) is 50.6 Å². The summed E-state index contributed by atoms with van der Waals surface area (Å²) in [6.07, 6.45) is 0.785. The zero-order valence-electron chi connectivity index (χ0n) is 28.3. The van der Waals surface area contributed by atoms with Gasteiger partial charge in [0.05, 0.1) is 55.8 Å². The molecule has 260 valence electrons. The Balaban J connectivity index is 0.000000201. The molecule has 2 N–H and O–H groups in total. The van der Waals surface area contributed by atoms with E-state index in [-0.39, 0.29) is 35.0 Å². The molecule has 0 saturated carbocycles. The molecule has 4 aromatic rings. The maximum absolute atomic E-state index is 12.6. The Bertz CT molecular complexity index is 2040. The van der Waals surface area contributed by atoms with Gasteiger partial charge in [-0.05, 0) is 60.4 Å². The average molecular weight is 698 g/mol. The number of imide groups is 2. The Morgan fingerprint density at radius 3 is 1.38 bits per heavy atom. The van der Waals surface area contributed by atoms with Crippen molar-refractivity contribution in [2.45, 2.75) is 25.8 Å². The van der Waals surface area contributed by atoms with Gasteiger partial charge in [0.15, 0.2) is 11.4 Å². The number of carbonyl (C=O) groups excluding carboxylic acids is 6. The minimum absolute atomic E-state index is 0.222. The highest BCUT2D eigenvalue weighted by atomic mass is 16.5. The van der Waals surface area contributed by atoms with Gasteiger partial charge in [0.2, 0.25) is 0 Å². The number of methoxy groups -OCH3 is 2. The summed E-state index contributed by atoms with van der Waals surface area (Å²) in [6.45, 7) is 15.9. The Morgan fingerprint density at radius 1 is 0.615 bits per heavy atom. The van der Waals surface area contributed by atoms with Gasteiger partial charge in [-0.25, -0.2) is 19.5 Å². The van der Waals surface area contributed by atoms with Gasteiger partial charge in [-0.1, -0.05) is 55.5 Å². The van der Waals surface area contributed by atoms with Crippen LogP contribution in [-0.4, -0.2) is 55.8 Å². The van der Waals surface area contributed by atoms with Crippen LogP contribution in [0.15, 0.2) is 84.9 Å². The number of nitrogens with two attached hydrogens (primary N) is 1. The van der Waals surface area contributed by atoms with Crippen molar-refractivity contribution in [3.05, 3.63) is 141 Å². The summed E-state index contributed by atoms with van der Waals surface area (Å²) in [7, 11) is 2.62. The normalized spacial score (nSPS) is 14.0. The van der Waals surface area contributed by atoms with Crippen LogP contribution in [0.3, 0.4) is 0 Å². The maximum Gasteiger partial charge on any atom is 0.322 e. The second-order valence-corrected chi connectivity index (χ2v) is 11.9. The lowest BCUT2D eigenvalue weighted by molar-refractivity contribution is -0.145. The zero-order valence-corrected chi connectivity index (χ0v) is 28.3. The van der Waals surface area contributed by atoms with E-state index in [1.54, 1.807) is 55.5 Å². The van der Waals surface area contributed by atoms with Crippen LogP contribution in [0.5, 0.6) is 0 Å². The quantitative estimate of drug-likeness (QED) is 0.143. The van der Waals surface area contributed by atoms with E-state index >= 15 is 0 Å². The fourth-order valence-corrected chi connectivity index (χ4v) is 5.75. The lowest BCUT2D eigenvalue weighted by atomic mass is 10.0. The summed E-state index contributed by atoms with van der Waals surface area (Å²) in [5, 5.41) is 0. The second-order valence-electron chi connectivity index (χ2n) is 11.9. The third-order valence-electron chi connectivity index (χ3n) is 8.49. The Hall–Kier alpha value is -6.96. The minimum atomic E-state index is -0.780. The molecule has 2 aliphatic rings. The number of ether oxygens (including phenoxy) is 2. The first-order chi connectivity index (χ1) is 24.9. The van der Waals surface area contributed by atoms with E-state index in [1.807, 2.05) is 0 Å². The van der Waals surface area contributed by atoms with E-state index in [9.17, 15) is 28.8 Å². The Labute approximate surface area is 298 Å². The van der Waals surface area contributed by atoms with Crippen molar-refractivity contribution < 1.29 is 38.2 Å². The van der Waals surface area contributed by atoms with Crippen molar-refractivity contribution in [3.63, 3.8) is 0 Å². The van der Waals surface area contributed by atoms with Crippen LogP contribution in [0.1, 0.15) is 59.5 Å². The van der Waals surface area contributed by atoms with Gasteiger partial charge in [0.25, 0.3) is 23.6 Å². The topological polar surface area (TPSA) is 162 Å². The van der Waals surface area contributed by atoms with Crippen molar-refractivity contribution in [1.29, 1.82) is 0 Å². The SMILES string of the molecule is [C-]#[N+]c1ccc2c(c1)C(=O)N(c1ccc(CC(C)C(=O)OC)cc1)C2=O.[C-]#[N+]c1ccc2c(c1)C(=O)N(c1ccc(CC(N)C(=O)OC)cc1)C2=O. The van der Waals surface area contributed by atoms with Gasteiger partial charge in [-0.2, -0.15) is 0 Å². The molecule has 0 radical (unpaired) electrons. The molecule has 6 rings (SSSR count). The third kappa shape index (κ3) is 7.16. The van der Waals surface area contributed by atoms with Gasteiger partial charge < -0.3 is 15.2 Å². The van der Waals surface area contributed by atoms with Crippen LogP contribution in [0, 0.1) is 19.1 Å². The van der Waals surface area contributed by atoms with E-state index in [2.05, 4.69) is 14.4 Å². The number of fused-ring (bicyclic) bond motifs is 2. The van der Waals surface area contributed by atoms with Crippen LogP contribution < -0.4 is 15.5 Å². The van der Waals surface area contributed by atoms with E-state index in [0.717, 1.165) is 20.9 Å². The lowest BCUT2D eigenvalue weighted by Gasteiger charge is -2.15. The van der Waals surface area contributed by atoms with Crippen molar-refractivity contribution in [3.8, 4) is 0 Å². The summed E-state index contributed by atoms with van der Waals surface area (Å²) in [5.74, 6) is -2.81. The number of rotatable bonds is 8. The first-order valence-corrected chi connectivity index (χ1v) is 15.8. The van der Waals surface area contributed by atoms with Gasteiger partial charge in [0, 0.05) is 11.1 Å². The number of benzene rings is 4. The number of carbonyl (C=O) groups is 6. The predicted molar refractivity (Wildman–Crippen MR) is 189 cm³/mol. The number of esters is 2. The van der Waals surface area contributed by atoms with Crippen molar-refractivity contribution >= 4 is 58.3 Å². The van der Waals surface area contributed by atoms with Crippen LogP contribution in [0.2, 0.25) is 0 Å². The molecule has 0 spiro atoms. The third-order valence-corrected chi connectivity index (χ3v) is 8.49. The van der Waals surface area contributed by atoms with E-state index in [0.29, 0.717) is 34.7 Å². The largest absolute Gasteiger partial charge is 0.469 e. The predicted octanol–water partition coefficient (Wildman–Crippen LogP) is 5.47. The summed E-state index contributed by atoms with van der Waals surface area (Å²) >= 11 is 0. The summed E-state index contributed by atoms with van der Waals surface area (Å²) in [4.78, 5) is 82.0. The molecule has 4 aromatic carbocycles. The molecule has 2 heterocycles. The number of anilines is 2. The number of amides is 4. The second kappa shape index (κ2) is 15.3. The molecular weight excluding hydrogens is 666 g/mol. The van der Waals surface area contributed by atoms with Crippen LogP contribution in [0.4, 0.5) is 22.7 Å². The zero-order chi connectivity index (χ0) is 37.7. The summed E-state index contributed by atoms with van der Waals surface area (Å²) < 4.78 is 9.30. The molecule has 13 nitrogen and oxygen atoms in total. The van der Waals surface area contributed by atoms with Gasteiger partial charge in [-0.3, -0.25) is 28.8 Å². The van der Waals surface area contributed by atoms with E-state index in [4.69, 9.17) is 23.6 Å². The highest BCUT2D eigenvalue weighted by Gasteiger charge is 2.38. The van der Waals surface area contributed by atoms with Crippen LogP contribution in [0.25, 0.3) is 9.69 Å². The first-order valence-electron chi connectivity index (χ1n) is 15.8. The molecule has 0 aliphatic carbocycles. The molecule has 52 heavy (non-hydrogen) atoms. The highest BCUT2D eigenvalue weighted by molar-refractivity contribution is 6.35. The molecule has 0 aromatic heterocycles. The van der Waals surface area contributed by atoms with Gasteiger partial charge in [0.1, 0.15) is 6.04 Å². The van der Waals surface area contributed by atoms with Gasteiger partial charge >= 0.3 is 11.9 Å². The van der Waals surface area contributed by atoms with Crippen LogP contribution in [-0.2, 0) is 31.9 Å². The molecular formula is C39H31N5O8. The molecule has 4 amide bonds. The molecule has 13 heteroatoms. The lowest BCUT2D eigenvalue weighted by Crippen LogP contribution is -2.33. The molecule has 2 atom stereocenters. The van der Waals surface area contributed by atoms with Crippen LogP contribution >= 0.6 is 0 Å². The molecule has 0 fully saturated rings. The smallest absolute Gasteiger partial charge is 0.322 e. The molecule has 2 unspecified atom stereocenters. The Morgan fingerprint density at radius 2 is 1.00 bits per heavy atom. The molecule has 0 saturated heterocycles. The average Bonchev–Trinajstić information content (AvgIpc) is 3.57. The fourth-order valence-electron chi connectivity index (χ4n) is 5.75. The van der Waals surface area contributed by atoms with Crippen molar-refractivity contribution in [1.82, 2.24) is 0 Å². The fraction of sp³-hybridized carbons (Fsp3) is 0.179. The monoisotopic (exact) mass is 697 g/mol. The Kier molecular flexibility index (Phi) is 10.7. The number of hydrogen-bond acceptors (Lipinski definition) is 9. The van der Waals surface area contributed by atoms with Crippen molar-refractivity contribution in [2.75, 3.05) is 24.0 Å². The highest BCUT2D eigenvalue weighted by Crippen LogP contribution is 2.33. The maximum atomic E-state index is 12.6. The minimum Gasteiger partial charge on any atom is -0.469 e. The summed E-state index contributed by atoms with van der Waals surface area (Å²) in [6, 6.07) is 21.7. The van der Waals surface area contributed by atoms with Gasteiger partial charge in [-0.15, -0.1) is 0 Å². The number of hydrogen-bond donors (Lipinski definition) is 1. The molecule has 0 bridgehead atoms. The summed E-state index contributed by atoms with van der Waals surface area (Å²) in [5.41, 5.74) is 9.94. The van der Waals surface area contributed by atoms with Crippen molar-refractivity contribution in [2.24, 2.45) is 11.7 Å².